The van der Waals surface area contributed by atoms with Gasteiger partial charge in [-0.05, 0) is 43.4 Å². The third kappa shape index (κ3) is 3.27. The van der Waals surface area contributed by atoms with Gasteiger partial charge in [0, 0.05) is 12.6 Å². The Hall–Kier alpha value is -0.450. The van der Waals surface area contributed by atoms with Crippen molar-refractivity contribution in [3.05, 3.63) is 23.7 Å². The van der Waals surface area contributed by atoms with Crippen molar-refractivity contribution < 1.29 is 9.52 Å². The van der Waals surface area contributed by atoms with Crippen LogP contribution in [0, 0.1) is 6.92 Å². The summed E-state index contributed by atoms with van der Waals surface area (Å²) in [6, 6.07) is 4.29. The lowest BCUT2D eigenvalue weighted by atomic mass is 10.1. The van der Waals surface area contributed by atoms with E-state index in [1.165, 1.54) is 24.3 Å². The molecule has 0 aromatic carbocycles. The van der Waals surface area contributed by atoms with E-state index in [1.807, 2.05) is 30.8 Å². The monoisotopic (exact) mass is 241 g/mol. The highest BCUT2D eigenvalue weighted by Crippen LogP contribution is 2.19. The first-order chi connectivity index (χ1) is 7.75. The molecule has 1 fully saturated rings. The average molecular weight is 241 g/mol. The zero-order valence-corrected chi connectivity index (χ0v) is 10.4. The second-order valence-electron chi connectivity index (χ2n) is 4.26. The van der Waals surface area contributed by atoms with E-state index in [1.54, 1.807) is 0 Å². The quantitative estimate of drug-likeness (QED) is 0.847. The van der Waals surface area contributed by atoms with Crippen molar-refractivity contribution in [3.63, 3.8) is 0 Å². The normalized spacial score (nSPS) is 19.9. The van der Waals surface area contributed by atoms with E-state index < -0.39 is 6.10 Å². The van der Waals surface area contributed by atoms with Crippen molar-refractivity contribution in [1.82, 2.24) is 5.32 Å². The Kier molecular flexibility index (Phi) is 4.32. The molecular weight excluding hydrogens is 222 g/mol. The van der Waals surface area contributed by atoms with Crippen molar-refractivity contribution >= 4 is 11.8 Å². The van der Waals surface area contributed by atoms with Crippen LogP contribution in [0.15, 0.2) is 16.5 Å². The molecule has 0 aliphatic carbocycles. The lowest BCUT2D eigenvalue weighted by Gasteiger charge is -2.23. The molecule has 3 nitrogen and oxygen atoms in total. The molecule has 0 amide bonds. The summed E-state index contributed by atoms with van der Waals surface area (Å²) in [5, 5.41) is 13.3. The van der Waals surface area contributed by atoms with E-state index in [2.05, 4.69) is 5.32 Å². The summed E-state index contributed by atoms with van der Waals surface area (Å²) in [5.74, 6) is 3.97. The number of hydrogen-bond acceptors (Lipinski definition) is 4. The second kappa shape index (κ2) is 5.75. The predicted octanol–water partition coefficient (Wildman–Crippen LogP) is 2.11. The van der Waals surface area contributed by atoms with Gasteiger partial charge in [0.1, 0.15) is 17.6 Å². The van der Waals surface area contributed by atoms with Crippen LogP contribution in [0.1, 0.15) is 30.5 Å². The zero-order chi connectivity index (χ0) is 11.4. The Morgan fingerprint density at radius 3 is 2.88 bits per heavy atom. The molecule has 1 aromatic heterocycles. The topological polar surface area (TPSA) is 45.4 Å². The number of nitrogens with one attached hydrogen (secondary N) is 1. The number of aliphatic hydroxyl groups excluding tert-OH is 1. The van der Waals surface area contributed by atoms with Gasteiger partial charge in [-0.3, -0.25) is 0 Å². The number of thioether (sulfide) groups is 1. The molecule has 1 aliphatic heterocycles. The van der Waals surface area contributed by atoms with Crippen LogP contribution in [-0.2, 0) is 0 Å². The third-order valence-corrected chi connectivity index (χ3v) is 3.96. The molecule has 4 heteroatoms. The fourth-order valence-electron chi connectivity index (χ4n) is 1.91. The average Bonchev–Trinajstić information content (AvgIpc) is 2.74. The summed E-state index contributed by atoms with van der Waals surface area (Å²) in [4.78, 5) is 0. The van der Waals surface area contributed by atoms with E-state index in [9.17, 15) is 5.11 Å². The van der Waals surface area contributed by atoms with Crippen molar-refractivity contribution in [2.75, 3.05) is 18.1 Å². The first-order valence-corrected chi connectivity index (χ1v) is 6.96. The van der Waals surface area contributed by atoms with E-state index in [0.717, 1.165) is 5.76 Å². The highest BCUT2D eigenvalue weighted by atomic mass is 32.2. The summed E-state index contributed by atoms with van der Waals surface area (Å²) in [7, 11) is 0. The lowest BCUT2D eigenvalue weighted by Crippen LogP contribution is -2.35. The largest absolute Gasteiger partial charge is 0.464 e. The molecule has 1 aromatic rings. The second-order valence-corrected chi connectivity index (χ2v) is 5.48. The molecule has 2 rings (SSSR count). The van der Waals surface area contributed by atoms with Crippen LogP contribution in [0.5, 0.6) is 0 Å². The van der Waals surface area contributed by atoms with Gasteiger partial charge < -0.3 is 14.8 Å². The Labute approximate surface area is 101 Å². The van der Waals surface area contributed by atoms with Crippen LogP contribution in [0.3, 0.4) is 0 Å². The van der Waals surface area contributed by atoms with Crippen LogP contribution in [0.2, 0.25) is 0 Å². The Morgan fingerprint density at radius 2 is 2.25 bits per heavy atom. The third-order valence-electron chi connectivity index (χ3n) is 2.91. The molecule has 90 valence electrons. The minimum Gasteiger partial charge on any atom is -0.464 e. The minimum absolute atomic E-state index is 0.525. The number of furan rings is 1. The highest BCUT2D eigenvalue weighted by molar-refractivity contribution is 7.99. The fraction of sp³-hybridized carbons (Fsp3) is 0.667. The first kappa shape index (κ1) is 12.0. The van der Waals surface area contributed by atoms with Gasteiger partial charge in [0.05, 0.1) is 0 Å². The molecule has 0 radical (unpaired) electrons. The summed E-state index contributed by atoms with van der Waals surface area (Å²) in [6.07, 6.45) is 1.88. The minimum atomic E-state index is -0.525. The van der Waals surface area contributed by atoms with E-state index >= 15 is 0 Å². The maximum Gasteiger partial charge on any atom is 0.133 e. The van der Waals surface area contributed by atoms with Crippen molar-refractivity contribution in [2.45, 2.75) is 31.9 Å². The van der Waals surface area contributed by atoms with Crippen molar-refractivity contribution in [2.24, 2.45) is 0 Å². The molecule has 1 atom stereocenters. The Morgan fingerprint density at radius 1 is 1.50 bits per heavy atom. The number of rotatable bonds is 4. The molecule has 0 spiro atoms. The molecule has 1 saturated heterocycles. The molecule has 0 bridgehead atoms. The number of hydrogen-bond donors (Lipinski definition) is 2. The van der Waals surface area contributed by atoms with Gasteiger partial charge in [-0.2, -0.15) is 11.8 Å². The zero-order valence-electron chi connectivity index (χ0n) is 9.61. The Balaban J connectivity index is 1.76. The molecule has 2 heterocycles. The van der Waals surface area contributed by atoms with Gasteiger partial charge in [0.15, 0.2) is 0 Å². The van der Waals surface area contributed by atoms with E-state index in [-0.39, 0.29) is 0 Å². The smallest absolute Gasteiger partial charge is 0.133 e. The fourth-order valence-corrected chi connectivity index (χ4v) is 3.02. The van der Waals surface area contributed by atoms with Gasteiger partial charge >= 0.3 is 0 Å². The molecule has 1 aliphatic rings. The van der Waals surface area contributed by atoms with Gasteiger partial charge in [0.2, 0.25) is 0 Å². The number of aliphatic hydroxyl groups is 1. The van der Waals surface area contributed by atoms with Crippen LogP contribution in [-0.4, -0.2) is 29.2 Å². The van der Waals surface area contributed by atoms with Crippen molar-refractivity contribution in [1.29, 1.82) is 0 Å². The van der Waals surface area contributed by atoms with Crippen molar-refractivity contribution in [3.8, 4) is 0 Å². The molecule has 0 saturated carbocycles. The van der Waals surface area contributed by atoms with Gasteiger partial charge in [-0.1, -0.05) is 0 Å². The van der Waals surface area contributed by atoms with Gasteiger partial charge in [-0.15, -0.1) is 0 Å². The summed E-state index contributed by atoms with van der Waals surface area (Å²) in [6.45, 7) is 2.48. The van der Waals surface area contributed by atoms with Crippen LogP contribution in [0.25, 0.3) is 0 Å². The maximum absolute atomic E-state index is 9.90. The first-order valence-electron chi connectivity index (χ1n) is 5.81. The Bertz CT molecular complexity index is 321. The molecular formula is C12H19NO2S. The molecule has 2 N–H and O–H groups in total. The summed E-state index contributed by atoms with van der Waals surface area (Å²) >= 11 is 2.01. The van der Waals surface area contributed by atoms with E-state index in [0.29, 0.717) is 18.3 Å². The standard InChI is InChI=1S/C12H19NO2S/c1-9-2-3-12(15-9)11(14)8-13-10-4-6-16-7-5-10/h2-3,10-11,13-14H,4-8H2,1H3. The lowest BCUT2D eigenvalue weighted by molar-refractivity contribution is 0.141. The van der Waals surface area contributed by atoms with Gasteiger partial charge in [0.25, 0.3) is 0 Å². The van der Waals surface area contributed by atoms with Crippen LogP contribution < -0.4 is 5.32 Å². The highest BCUT2D eigenvalue weighted by Gasteiger charge is 2.16. The molecule has 16 heavy (non-hydrogen) atoms. The predicted molar refractivity (Wildman–Crippen MR) is 66.8 cm³/mol. The summed E-state index contributed by atoms with van der Waals surface area (Å²) < 4.78 is 5.39. The van der Waals surface area contributed by atoms with Gasteiger partial charge in [-0.25, -0.2) is 0 Å². The summed E-state index contributed by atoms with van der Waals surface area (Å²) in [5.41, 5.74) is 0. The van der Waals surface area contributed by atoms with Crippen LogP contribution >= 0.6 is 11.8 Å². The number of aryl methyl sites for hydroxylation is 1. The van der Waals surface area contributed by atoms with Crippen LogP contribution in [0.4, 0.5) is 0 Å². The SMILES string of the molecule is Cc1ccc(C(O)CNC2CCSCC2)o1. The van der Waals surface area contributed by atoms with E-state index in [4.69, 9.17) is 4.42 Å². The maximum atomic E-state index is 9.90. The molecule has 1 unspecified atom stereocenters.